The van der Waals surface area contributed by atoms with E-state index in [-0.39, 0.29) is 11.9 Å². The van der Waals surface area contributed by atoms with Gasteiger partial charge in [-0.15, -0.1) is 10.2 Å². The molecule has 134 valence electrons. The number of nitrogens with one attached hydrogen (secondary N) is 1. The van der Waals surface area contributed by atoms with Crippen LogP contribution in [-0.2, 0) is 17.3 Å². The van der Waals surface area contributed by atoms with Crippen LogP contribution in [-0.4, -0.2) is 49.2 Å². The molecule has 0 radical (unpaired) electrons. The number of nitrogens with zero attached hydrogens (tertiary/aromatic N) is 4. The molecule has 1 aromatic carbocycles. The number of aryl methyl sites for hydroxylation is 1. The molecule has 2 heterocycles. The van der Waals surface area contributed by atoms with Gasteiger partial charge in [-0.05, 0) is 38.0 Å². The Morgan fingerprint density at radius 1 is 1.44 bits per heavy atom. The van der Waals surface area contributed by atoms with Gasteiger partial charge in [0.15, 0.2) is 0 Å². The maximum absolute atomic E-state index is 12.6. The first kappa shape index (κ1) is 17.6. The lowest BCUT2D eigenvalue weighted by molar-refractivity contribution is 0.190. The van der Waals surface area contributed by atoms with Gasteiger partial charge in [0.25, 0.3) is 0 Å². The average molecular weight is 361 g/mol. The van der Waals surface area contributed by atoms with Crippen molar-refractivity contribution in [2.24, 2.45) is 0 Å². The van der Waals surface area contributed by atoms with Crippen LogP contribution >= 0.6 is 0 Å². The highest BCUT2D eigenvalue weighted by molar-refractivity contribution is 7.84. The number of aromatic nitrogens is 3. The molecule has 0 spiro atoms. The van der Waals surface area contributed by atoms with Crippen molar-refractivity contribution < 1.29 is 9.00 Å². The van der Waals surface area contributed by atoms with Crippen LogP contribution < -0.4 is 5.32 Å². The number of urea groups is 1. The number of rotatable bonds is 4. The molecule has 8 heteroatoms. The molecule has 2 atom stereocenters. The zero-order valence-corrected chi connectivity index (χ0v) is 15.3. The van der Waals surface area contributed by atoms with Crippen LogP contribution in [0.3, 0.4) is 0 Å². The van der Waals surface area contributed by atoms with E-state index in [0.717, 1.165) is 31.8 Å². The maximum Gasteiger partial charge on any atom is 0.321 e. The fourth-order valence-corrected chi connectivity index (χ4v) is 3.71. The van der Waals surface area contributed by atoms with E-state index in [1.165, 1.54) is 0 Å². The van der Waals surface area contributed by atoms with E-state index >= 15 is 0 Å². The lowest BCUT2D eigenvalue weighted by Gasteiger charge is -2.32. The lowest BCUT2D eigenvalue weighted by Crippen LogP contribution is -2.42. The number of amides is 2. The average Bonchev–Trinajstić information content (AvgIpc) is 3.11. The Bertz CT molecular complexity index is 776. The van der Waals surface area contributed by atoms with Crippen molar-refractivity contribution in [2.45, 2.75) is 37.1 Å². The van der Waals surface area contributed by atoms with Gasteiger partial charge >= 0.3 is 6.03 Å². The molecule has 1 aliphatic rings. The summed E-state index contributed by atoms with van der Waals surface area (Å²) in [7, 11) is -1.07. The van der Waals surface area contributed by atoms with Crippen LogP contribution in [0.1, 0.15) is 31.5 Å². The summed E-state index contributed by atoms with van der Waals surface area (Å²) >= 11 is 0. The first-order chi connectivity index (χ1) is 12.1. The highest BCUT2D eigenvalue weighted by Crippen LogP contribution is 2.26. The van der Waals surface area contributed by atoms with E-state index < -0.39 is 10.8 Å². The zero-order valence-electron chi connectivity index (χ0n) is 14.5. The van der Waals surface area contributed by atoms with Crippen LogP contribution in [0.25, 0.3) is 0 Å². The summed E-state index contributed by atoms with van der Waals surface area (Å²) < 4.78 is 13.6. The Labute approximate surface area is 149 Å². The lowest BCUT2D eigenvalue weighted by atomic mass is 9.97. The molecule has 0 bridgehead atoms. The van der Waals surface area contributed by atoms with Crippen LogP contribution in [0.5, 0.6) is 0 Å². The number of carbonyl (C=O) groups excluding carboxylic acids is 1. The smallest absolute Gasteiger partial charge is 0.321 e. The van der Waals surface area contributed by atoms with Crippen molar-refractivity contribution in [3.05, 3.63) is 36.4 Å². The predicted molar refractivity (Wildman–Crippen MR) is 97.0 cm³/mol. The minimum absolute atomic E-state index is 0.133. The van der Waals surface area contributed by atoms with E-state index in [9.17, 15) is 9.00 Å². The topological polar surface area (TPSA) is 80.1 Å². The van der Waals surface area contributed by atoms with Gasteiger partial charge in [-0.3, -0.25) is 4.21 Å². The summed E-state index contributed by atoms with van der Waals surface area (Å²) in [5, 5.41) is 11.1. The van der Waals surface area contributed by atoms with Crippen LogP contribution in [0.4, 0.5) is 10.5 Å². The van der Waals surface area contributed by atoms with Crippen LogP contribution in [0.2, 0.25) is 0 Å². The summed E-state index contributed by atoms with van der Waals surface area (Å²) in [6, 6.07) is 7.02. The second-order valence-electron chi connectivity index (χ2n) is 6.17. The first-order valence-corrected chi connectivity index (χ1v) is 10.0. The minimum Gasteiger partial charge on any atom is -0.324 e. The van der Waals surface area contributed by atoms with Crippen molar-refractivity contribution in [1.82, 2.24) is 19.7 Å². The molecule has 1 fully saturated rings. The molecule has 1 aliphatic heterocycles. The number of likely N-dealkylation sites (tertiary alicyclic amines) is 1. The van der Waals surface area contributed by atoms with Crippen LogP contribution in [0.15, 0.2) is 35.5 Å². The SMILES string of the molecule is CCn1cnnc1[C@H]1CCCN(C(=O)Nc2cccc([S@](C)=O)c2)C1. The molecular weight excluding hydrogens is 338 g/mol. The predicted octanol–water partition coefficient (Wildman–Crippen LogP) is 2.45. The molecular formula is C17H23N5O2S. The summed E-state index contributed by atoms with van der Waals surface area (Å²) in [6.07, 6.45) is 5.31. The Hall–Kier alpha value is -2.22. The molecule has 25 heavy (non-hydrogen) atoms. The highest BCUT2D eigenvalue weighted by Gasteiger charge is 2.27. The standard InChI is InChI=1S/C17H23N5O2S/c1-3-21-12-18-20-16(21)13-6-5-9-22(11-13)17(23)19-14-7-4-8-15(10-14)25(2)24/h4,7-8,10,12-13H,3,5-6,9,11H2,1-2H3,(H,19,23)/t13-,25-/m0/s1. The number of hydrogen-bond acceptors (Lipinski definition) is 4. The molecule has 0 aliphatic carbocycles. The largest absolute Gasteiger partial charge is 0.324 e. The normalized spacial score (nSPS) is 18.8. The summed E-state index contributed by atoms with van der Waals surface area (Å²) in [6.45, 7) is 4.24. The van der Waals surface area contributed by atoms with Gasteiger partial charge in [-0.25, -0.2) is 4.79 Å². The number of carbonyl (C=O) groups is 1. The maximum atomic E-state index is 12.6. The van der Waals surface area contributed by atoms with E-state index in [0.29, 0.717) is 17.1 Å². The monoisotopic (exact) mass is 361 g/mol. The summed E-state index contributed by atoms with van der Waals surface area (Å²) in [4.78, 5) is 15.1. The van der Waals surface area contributed by atoms with E-state index in [2.05, 4.69) is 22.4 Å². The third-order valence-electron chi connectivity index (χ3n) is 4.48. The fraction of sp³-hybridized carbons (Fsp3) is 0.471. The van der Waals surface area contributed by atoms with E-state index in [1.807, 2.05) is 15.5 Å². The summed E-state index contributed by atoms with van der Waals surface area (Å²) in [5.74, 6) is 1.15. The second kappa shape index (κ2) is 7.77. The van der Waals surface area contributed by atoms with E-state index in [1.54, 1.807) is 30.8 Å². The molecule has 0 saturated carbocycles. The Balaban J connectivity index is 1.68. The number of anilines is 1. The Kier molecular flexibility index (Phi) is 5.47. The number of hydrogen-bond donors (Lipinski definition) is 1. The highest BCUT2D eigenvalue weighted by atomic mass is 32.2. The van der Waals surface area contributed by atoms with Gasteiger partial charge in [0.2, 0.25) is 0 Å². The van der Waals surface area contributed by atoms with Gasteiger partial charge in [0.1, 0.15) is 12.2 Å². The molecule has 2 aromatic rings. The zero-order chi connectivity index (χ0) is 17.8. The number of benzene rings is 1. The minimum atomic E-state index is -1.07. The van der Waals surface area contributed by atoms with Gasteiger partial charge in [0.05, 0.1) is 0 Å². The third kappa shape index (κ3) is 4.07. The van der Waals surface area contributed by atoms with Gasteiger partial charge < -0.3 is 14.8 Å². The summed E-state index contributed by atoms with van der Waals surface area (Å²) in [5.41, 5.74) is 0.663. The second-order valence-corrected chi connectivity index (χ2v) is 7.55. The first-order valence-electron chi connectivity index (χ1n) is 8.45. The molecule has 1 saturated heterocycles. The molecule has 1 N–H and O–H groups in total. The van der Waals surface area contributed by atoms with Gasteiger partial charge in [0, 0.05) is 53.2 Å². The molecule has 7 nitrogen and oxygen atoms in total. The van der Waals surface area contributed by atoms with Crippen molar-refractivity contribution in [3.63, 3.8) is 0 Å². The third-order valence-corrected chi connectivity index (χ3v) is 5.39. The fourth-order valence-electron chi connectivity index (χ4n) is 3.15. The molecule has 3 rings (SSSR count). The van der Waals surface area contributed by atoms with Crippen molar-refractivity contribution >= 4 is 22.5 Å². The van der Waals surface area contributed by atoms with Crippen LogP contribution in [0, 0.1) is 0 Å². The van der Waals surface area contributed by atoms with Crippen molar-refractivity contribution in [1.29, 1.82) is 0 Å². The van der Waals surface area contributed by atoms with Gasteiger partial charge in [-0.1, -0.05) is 6.07 Å². The Morgan fingerprint density at radius 2 is 2.28 bits per heavy atom. The number of piperidine rings is 1. The van der Waals surface area contributed by atoms with E-state index in [4.69, 9.17) is 0 Å². The van der Waals surface area contributed by atoms with Crippen molar-refractivity contribution in [3.8, 4) is 0 Å². The van der Waals surface area contributed by atoms with Crippen molar-refractivity contribution in [2.75, 3.05) is 24.7 Å². The van der Waals surface area contributed by atoms with Gasteiger partial charge in [-0.2, -0.15) is 0 Å². The molecule has 2 amide bonds. The quantitative estimate of drug-likeness (QED) is 0.907. The Morgan fingerprint density at radius 3 is 3.04 bits per heavy atom. The molecule has 0 unspecified atom stereocenters. The molecule has 1 aromatic heterocycles.